The molecular formula is C29H23BrN2O4. The van der Waals surface area contributed by atoms with Gasteiger partial charge in [-0.1, -0.05) is 60.7 Å². The number of nitrogens with one attached hydrogen (secondary N) is 1. The summed E-state index contributed by atoms with van der Waals surface area (Å²) < 4.78 is 18.3. The van der Waals surface area contributed by atoms with Gasteiger partial charge in [-0.2, -0.15) is 5.10 Å². The highest BCUT2D eigenvalue weighted by Gasteiger charge is 2.14. The van der Waals surface area contributed by atoms with Crippen molar-refractivity contribution in [3.8, 4) is 11.5 Å². The lowest BCUT2D eigenvalue weighted by atomic mass is 10.1. The zero-order valence-corrected chi connectivity index (χ0v) is 21.1. The topological polar surface area (TPSA) is 73.1 Å². The third-order valence-corrected chi connectivity index (χ3v) is 6.20. The van der Waals surface area contributed by atoms with Crippen molar-refractivity contribution in [1.29, 1.82) is 0 Å². The fourth-order valence-electron chi connectivity index (χ4n) is 3.95. The molecule has 5 aromatic rings. The Morgan fingerprint density at radius 1 is 0.972 bits per heavy atom. The second-order valence-electron chi connectivity index (χ2n) is 8.04. The van der Waals surface area contributed by atoms with Gasteiger partial charge >= 0.3 is 5.91 Å². The minimum atomic E-state index is -0.429. The molecule has 4 aromatic carbocycles. The molecule has 7 heteroatoms. The zero-order valence-electron chi connectivity index (χ0n) is 19.5. The number of rotatable bonds is 8. The normalized spacial score (nSPS) is 11.3. The predicted molar refractivity (Wildman–Crippen MR) is 145 cm³/mol. The molecule has 0 aliphatic heterocycles. The molecular weight excluding hydrogens is 520 g/mol. The van der Waals surface area contributed by atoms with Crippen molar-refractivity contribution in [2.75, 3.05) is 6.61 Å². The molecule has 0 fully saturated rings. The van der Waals surface area contributed by atoms with Crippen LogP contribution in [0, 0.1) is 0 Å². The number of furan rings is 1. The van der Waals surface area contributed by atoms with Crippen molar-refractivity contribution in [3.05, 3.63) is 106 Å². The summed E-state index contributed by atoms with van der Waals surface area (Å²) >= 11 is 3.60. The lowest BCUT2D eigenvalue weighted by Crippen LogP contribution is -2.16. The van der Waals surface area contributed by atoms with Crippen molar-refractivity contribution in [2.45, 2.75) is 13.5 Å². The van der Waals surface area contributed by atoms with Gasteiger partial charge in [-0.3, -0.25) is 4.79 Å². The van der Waals surface area contributed by atoms with E-state index in [2.05, 4.69) is 50.7 Å². The molecule has 0 spiro atoms. The van der Waals surface area contributed by atoms with Gasteiger partial charge in [0.15, 0.2) is 17.3 Å². The zero-order chi connectivity index (χ0) is 24.9. The van der Waals surface area contributed by atoms with Gasteiger partial charge in [-0.05, 0) is 69.0 Å². The third kappa shape index (κ3) is 5.11. The molecule has 5 rings (SSSR count). The first kappa shape index (κ1) is 23.6. The standard InChI is InChI=1S/C29H23BrN2O4/c1-2-34-26-15-19(17-31-32-29(33)27-16-21-9-4-6-13-25(21)36-27)14-24(30)28(26)35-18-22-11-7-10-20-8-3-5-12-23(20)22/h3-17H,2,18H2,1H3,(H,32,33). The Bertz CT molecular complexity index is 1540. The Balaban J connectivity index is 1.31. The van der Waals surface area contributed by atoms with Gasteiger partial charge in [0.25, 0.3) is 0 Å². The Kier molecular flexibility index (Phi) is 7.00. The number of amides is 1. The van der Waals surface area contributed by atoms with E-state index in [1.54, 1.807) is 12.3 Å². The molecule has 6 nitrogen and oxygen atoms in total. The molecule has 0 bridgehead atoms. The highest BCUT2D eigenvalue weighted by molar-refractivity contribution is 9.10. The van der Waals surface area contributed by atoms with Gasteiger partial charge in [-0.15, -0.1) is 0 Å². The molecule has 0 aliphatic carbocycles. The van der Waals surface area contributed by atoms with Crippen LogP contribution in [0.4, 0.5) is 0 Å². The number of hydrazone groups is 1. The van der Waals surface area contributed by atoms with E-state index >= 15 is 0 Å². The van der Waals surface area contributed by atoms with E-state index < -0.39 is 5.91 Å². The average molecular weight is 543 g/mol. The lowest BCUT2D eigenvalue weighted by Gasteiger charge is -2.15. The fraction of sp³-hybridized carbons (Fsp3) is 0.103. The summed E-state index contributed by atoms with van der Waals surface area (Å²) in [6.45, 7) is 2.78. The average Bonchev–Trinajstić information content (AvgIpc) is 3.33. The van der Waals surface area contributed by atoms with Crippen LogP contribution in [-0.4, -0.2) is 18.7 Å². The number of para-hydroxylation sites is 1. The molecule has 0 unspecified atom stereocenters. The number of fused-ring (bicyclic) bond motifs is 2. The highest BCUT2D eigenvalue weighted by atomic mass is 79.9. The van der Waals surface area contributed by atoms with E-state index in [4.69, 9.17) is 13.9 Å². The number of hydrogen-bond acceptors (Lipinski definition) is 5. The van der Waals surface area contributed by atoms with Gasteiger partial charge < -0.3 is 13.9 Å². The van der Waals surface area contributed by atoms with Crippen molar-refractivity contribution in [3.63, 3.8) is 0 Å². The summed E-state index contributed by atoms with van der Waals surface area (Å²) in [4.78, 5) is 12.4. The molecule has 1 aromatic heterocycles. The Labute approximate surface area is 216 Å². The maximum atomic E-state index is 12.4. The first-order chi connectivity index (χ1) is 17.6. The number of halogens is 1. The van der Waals surface area contributed by atoms with Gasteiger partial charge in [0.05, 0.1) is 17.3 Å². The molecule has 0 saturated carbocycles. The fourth-order valence-corrected chi connectivity index (χ4v) is 4.52. The molecule has 1 N–H and O–H groups in total. The van der Waals surface area contributed by atoms with Crippen molar-refractivity contribution >= 4 is 49.8 Å². The molecule has 180 valence electrons. The van der Waals surface area contributed by atoms with E-state index in [1.807, 2.05) is 61.5 Å². The molecule has 0 atom stereocenters. The minimum absolute atomic E-state index is 0.196. The first-order valence-electron chi connectivity index (χ1n) is 11.5. The summed E-state index contributed by atoms with van der Waals surface area (Å²) in [6, 6.07) is 27.2. The molecule has 1 amide bonds. The van der Waals surface area contributed by atoms with Crippen molar-refractivity contribution in [1.82, 2.24) is 5.43 Å². The number of carbonyl (C=O) groups excluding carboxylic acids is 1. The summed E-state index contributed by atoms with van der Waals surface area (Å²) in [5, 5.41) is 7.26. The number of nitrogens with zero attached hydrogens (tertiary/aromatic N) is 1. The third-order valence-electron chi connectivity index (χ3n) is 5.61. The summed E-state index contributed by atoms with van der Waals surface area (Å²) in [5.41, 5.74) is 4.97. The van der Waals surface area contributed by atoms with E-state index in [9.17, 15) is 4.79 Å². The van der Waals surface area contributed by atoms with Gasteiger partial charge in [0.2, 0.25) is 0 Å². The molecule has 0 aliphatic rings. The minimum Gasteiger partial charge on any atom is -0.490 e. The number of carbonyl (C=O) groups is 1. The lowest BCUT2D eigenvalue weighted by molar-refractivity contribution is 0.0929. The molecule has 0 saturated heterocycles. The second-order valence-corrected chi connectivity index (χ2v) is 8.89. The Morgan fingerprint density at radius 2 is 1.75 bits per heavy atom. The van der Waals surface area contributed by atoms with E-state index in [0.717, 1.165) is 26.4 Å². The van der Waals surface area contributed by atoms with Crippen molar-refractivity contribution < 1.29 is 18.7 Å². The smallest absolute Gasteiger partial charge is 0.307 e. The van der Waals surface area contributed by atoms with Gasteiger partial charge in [-0.25, -0.2) is 5.43 Å². The highest BCUT2D eigenvalue weighted by Crippen LogP contribution is 2.37. The van der Waals surface area contributed by atoms with Crippen LogP contribution >= 0.6 is 15.9 Å². The van der Waals surface area contributed by atoms with E-state index in [0.29, 0.717) is 30.3 Å². The Hall–Kier alpha value is -4.10. The number of hydrogen-bond donors (Lipinski definition) is 1. The van der Waals surface area contributed by atoms with Gasteiger partial charge in [0, 0.05) is 5.39 Å². The summed E-state index contributed by atoms with van der Waals surface area (Å²) in [7, 11) is 0. The van der Waals surface area contributed by atoms with Gasteiger partial charge in [0.1, 0.15) is 12.2 Å². The number of ether oxygens (including phenoxy) is 2. The molecule has 0 radical (unpaired) electrons. The largest absolute Gasteiger partial charge is 0.490 e. The van der Waals surface area contributed by atoms with Crippen LogP contribution in [-0.2, 0) is 6.61 Å². The Morgan fingerprint density at radius 3 is 2.58 bits per heavy atom. The van der Waals surface area contributed by atoms with E-state index in [-0.39, 0.29) is 5.76 Å². The van der Waals surface area contributed by atoms with Crippen LogP contribution in [0.5, 0.6) is 11.5 Å². The van der Waals surface area contributed by atoms with Crippen LogP contribution in [0.25, 0.3) is 21.7 Å². The quantitative estimate of drug-likeness (QED) is 0.168. The summed E-state index contributed by atoms with van der Waals surface area (Å²) in [6.07, 6.45) is 1.54. The van der Waals surface area contributed by atoms with Crippen molar-refractivity contribution in [2.24, 2.45) is 5.10 Å². The predicted octanol–water partition coefficient (Wildman–Crippen LogP) is 7.09. The molecule has 36 heavy (non-hydrogen) atoms. The maximum Gasteiger partial charge on any atom is 0.307 e. The van der Waals surface area contributed by atoms with Crippen LogP contribution in [0.3, 0.4) is 0 Å². The molecule has 1 heterocycles. The number of benzene rings is 4. The SMILES string of the molecule is CCOc1cc(C=NNC(=O)c2cc3ccccc3o2)cc(Br)c1OCc1cccc2ccccc12. The first-order valence-corrected chi connectivity index (χ1v) is 12.3. The monoisotopic (exact) mass is 542 g/mol. The van der Waals surface area contributed by atoms with E-state index in [1.165, 1.54) is 5.39 Å². The van der Waals surface area contributed by atoms with Crippen LogP contribution < -0.4 is 14.9 Å². The van der Waals surface area contributed by atoms with Crippen LogP contribution in [0.1, 0.15) is 28.6 Å². The van der Waals surface area contributed by atoms with Crippen LogP contribution in [0.15, 0.2) is 98.9 Å². The summed E-state index contributed by atoms with van der Waals surface area (Å²) in [5.74, 6) is 0.953. The second kappa shape index (κ2) is 10.7. The van der Waals surface area contributed by atoms with Crippen LogP contribution in [0.2, 0.25) is 0 Å². The maximum absolute atomic E-state index is 12.4.